The maximum Gasteiger partial charge on any atom is 0.138 e. The molecule has 0 fully saturated rings. The number of anilines is 1. The van der Waals surface area contributed by atoms with Gasteiger partial charge in [-0.1, -0.05) is 18.2 Å². The van der Waals surface area contributed by atoms with Gasteiger partial charge >= 0.3 is 0 Å². The van der Waals surface area contributed by atoms with E-state index in [1.807, 2.05) is 29.5 Å². The number of fused-ring (bicyclic) bond motifs is 1. The number of nitrogens with zero attached hydrogens (tertiary/aromatic N) is 2. The molecule has 0 unspecified atom stereocenters. The Morgan fingerprint density at radius 1 is 1.16 bits per heavy atom. The minimum atomic E-state index is -0.234. The second-order valence-corrected chi connectivity index (χ2v) is 4.61. The smallest absolute Gasteiger partial charge is 0.138 e. The van der Waals surface area contributed by atoms with Crippen molar-refractivity contribution in [2.45, 2.75) is 13.3 Å². The molecule has 0 aliphatic carbocycles. The fourth-order valence-corrected chi connectivity index (χ4v) is 2.25. The third-order valence-corrected chi connectivity index (χ3v) is 3.24. The van der Waals surface area contributed by atoms with Gasteiger partial charge in [-0.25, -0.2) is 9.37 Å². The molecular formula is C15H14FN3. The van der Waals surface area contributed by atoms with Crippen molar-refractivity contribution in [2.75, 3.05) is 5.73 Å². The van der Waals surface area contributed by atoms with Crippen LogP contribution in [0, 0.1) is 12.7 Å². The van der Waals surface area contributed by atoms with Gasteiger partial charge in [-0.05, 0) is 36.8 Å². The van der Waals surface area contributed by atoms with Gasteiger partial charge in [-0.3, -0.25) is 4.40 Å². The molecule has 0 aliphatic heterocycles. The lowest BCUT2D eigenvalue weighted by Crippen LogP contribution is -1.99. The maximum absolute atomic E-state index is 12.9. The van der Waals surface area contributed by atoms with Crippen LogP contribution in [0.3, 0.4) is 0 Å². The fourth-order valence-electron chi connectivity index (χ4n) is 2.25. The first-order valence-corrected chi connectivity index (χ1v) is 6.12. The number of halogens is 1. The van der Waals surface area contributed by atoms with Crippen molar-refractivity contribution in [1.82, 2.24) is 9.38 Å². The average molecular weight is 255 g/mol. The quantitative estimate of drug-likeness (QED) is 0.765. The third-order valence-electron chi connectivity index (χ3n) is 3.24. The summed E-state index contributed by atoms with van der Waals surface area (Å²) in [5.74, 6) is 0.417. The second kappa shape index (κ2) is 4.39. The highest BCUT2D eigenvalue weighted by atomic mass is 19.1. The number of nitrogen functional groups attached to an aromatic ring is 1. The molecule has 0 saturated carbocycles. The van der Waals surface area contributed by atoms with E-state index in [4.69, 9.17) is 5.73 Å². The van der Waals surface area contributed by atoms with E-state index in [0.717, 1.165) is 22.6 Å². The molecule has 1 aromatic carbocycles. The van der Waals surface area contributed by atoms with Crippen LogP contribution in [0.4, 0.5) is 10.2 Å². The Bertz CT molecular complexity index is 729. The number of rotatable bonds is 2. The van der Waals surface area contributed by atoms with Crippen molar-refractivity contribution in [3.8, 4) is 0 Å². The van der Waals surface area contributed by atoms with Crippen molar-refractivity contribution in [3.05, 3.63) is 65.2 Å². The summed E-state index contributed by atoms with van der Waals surface area (Å²) in [6.07, 6.45) is 0.604. The van der Waals surface area contributed by atoms with Crippen LogP contribution >= 0.6 is 0 Å². The van der Waals surface area contributed by atoms with Crippen molar-refractivity contribution in [3.63, 3.8) is 0 Å². The molecule has 0 radical (unpaired) electrons. The van der Waals surface area contributed by atoms with E-state index in [0.29, 0.717) is 12.2 Å². The first kappa shape index (κ1) is 11.7. The molecule has 3 aromatic rings. The van der Waals surface area contributed by atoms with Gasteiger partial charge in [-0.15, -0.1) is 0 Å². The van der Waals surface area contributed by atoms with Crippen LogP contribution < -0.4 is 5.73 Å². The zero-order chi connectivity index (χ0) is 13.4. The van der Waals surface area contributed by atoms with Crippen LogP contribution in [0.25, 0.3) is 5.65 Å². The predicted molar refractivity (Wildman–Crippen MR) is 73.5 cm³/mol. The van der Waals surface area contributed by atoms with Crippen LogP contribution in [0.5, 0.6) is 0 Å². The molecular weight excluding hydrogens is 241 g/mol. The monoisotopic (exact) mass is 255 g/mol. The summed E-state index contributed by atoms with van der Waals surface area (Å²) in [4.78, 5) is 4.54. The van der Waals surface area contributed by atoms with E-state index in [9.17, 15) is 4.39 Å². The molecule has 0 bridgehead atoms. The van der Waals surface area contributed by atoms with E-state index >= 15 is 0 Å². The van der Waals surface area contributed by atoms with Gasteiger partial charge < -0.3 is 5.73 Å². The maximum atomic E-state index is 12.9. The topological polar surface area (TPSA) is 43.3 Å². The highest BCUT2D eigenvalue weighted by Crippen LogP contribution is 2.20. The second-order valence-electron chi connectivity index (χ2n) is 4.61. The summed E-state index contributed by atoms with van der Waals surface area (Å²) in [7, 11) is 0. The fraction of sp³-hybridized carbons (Fsp3) is 0.133. The number of nitrogens with two attached hydrogens (primary N) is 1. The van der Waals surface area contributed by atoms with E-state index in [-0.39, 0.29) is 5.82 Å². The number of pyridine rings is 1. The molecule has 0 atom stereocenters. The van der Waals surface area contributed by atoms with E-state index < -0.39 is 0 Å². The predicted octanol–water partition coefficient (Wildman–Crippen LogP) is 2.95. The Labute approximate surface area is 110 Å². The van der Waals surface area contributed by atoms with Crippen LogP contribution in [-0.2, 0) is 6.42 Å². The molecule has 96 valence electrons. The highest BCUT2D eigenvalue weighted by molar-refractivity contribution is 5.55. The number of aromatic nitrogens is 2. The number of hydrogen-bond acceptors (Lipinski definition) is 2. The average Bonchev–Trinajstić information content (AvgIpc) is 2.71. The molecule has 4 heteroatoms. The Kier molecular flexibility index (Phi) is 2.71. The van der Waals surface area contributed by atoms with Crippen molar-refractivity contribution < 1.29 is 4.39 Å². The number of aryl methyl sites for hydroxylation is 1. The van der Waals surface area contributed by atoms with Crippen LogP contribution in [0.15, 0.2) is 42.5 Å². The first-order chi connectivity index (χ1) is 9.15. The SMILES string of the molecule is Cc1cccc2nc(Cc3ccc(F)cc3)c(N)n12. The van der Waals surface area contributed by atoms with Gasteiger partial charge in [0.05, 0.1) is 5.69 Å². The summed E-state index contributed by atoms with van der Waals surface area (Å²) in [5.41, 5.74) is 9.85. The molecule has 0 spiro atoms. The zero-order valence-corrected chi connectivity index (χ0v) is 10.6. The van der Waals surface area contributed by atoms with Crippen LogP contribution in [-0.4, -0.2) is 9.38 Å². The number of imidazole rings is 1. The molecule has 0 aliphatic rings. The minimum absolute atomic E-state index is 0.234. The molecule has 3 nitrogen and oxygen atoms in total. The summed E-state index contributed by atoms with van der Waals surface area (Å²) >= 11 is 0. The van der Waals surface area contributed by atoms with Gasteiger partial charge in [0.2, 0.25) is 0 Å². The van der Waals surface area contributed by atoms with Crippen molar-refractivity contribution >= 4 is 11.5 Å². The summed E-state index contributed by atoms with van der Waals surface area (Å²) in [6.45, 7) is 1.99. The minimum Gasteiger partial charge on any atom is -0.383 e. The summed E-state index contributed by atoms with van der Waals surface area (Å²) in [6, 6.07) is 12.3. The normalized spacial score (nSPS) is 11.1. The van der Waals surface area contributed by atoms with E-state index in [1.165, 1.54) is 12.1 Å². The van der Waals surface area contributed by atoms with Crippen LogP contribution in [0.1, 0.15) is 17.0 Å². The standard InChI is InChI=1S/C15H14FN3/c1-10-3-2-4-14-18-13(15(17)19(10)14)9-11-5-7-12(16)8-6-11/h2-8H,9,17H2,1H3. The van der Waals surface area contributed by atoms with E-state index in [1.54, 1.807) is 12.1 Å². The molecule has 19 heavy (non-hydrogen) atoms. The lowest BCUT2D eigenvalue weighted by molar-refractivity contribution is 0.627. The van der Waals surface area contributed by atoms with Gasteiger partial charge in [0.25, 0.3) is 0 Å². The molecule has 0 amide bonds. The summed E-state index contributed by atoms with van der Waals surface area (Å²) < 4.78 is 14.8. The van der Waals surface area contributed by atoms with Crippen LogP contribution in [0.2, 0.25) is 0 Å². The largest absolute Gasteiger partial charge is 0.383 e. The lowest BCUT2D eigenvalue weighted by Gasteiger charge is -2.02. The molecule has 0 saturated heterocycles. The zero-order valence-electron chi connectivity index (χ0n) is 10.6. The third kappa shape index (κ3) is 2.05. The Balaban J connectivity index is 2.04. The van der Waals surface area contributed by atoms with E-state index in [2.05, 4.69) is 4.98 Å². The Morgan fingerprint density at radius 2 is 1.89 bits per heavy atom. The van der Waals surface area contributed by atoms with Crippen molar-refractivity contribution in [1.29, 1.82) is 0 Å². The Morgan fingerprint density at radius 3 is 2.58 bits per heavy atom. The highest BCUT2D eigenvalue weighted by Gasteiger charge is 2.10. The van der Waals surface area contributed by atoms with Crippen molar-refractivity contribution in [2.24, 2.45) is 0 Å². The number of hydrogen-bond donors (Lipinski definition) is 1. The van der Waals surface area contributed by atoms with Gasteiger partial charge in [-0.2, -0.15) is 0 Å². The van der Waals surface area contributed by atoms with Gasteiger partial charge in [0.15, 0.2) is 0 Å². The van der Waals surface area contributed by atoms with Gasteiger partial charge in [0.1, 0.15) is 17.3 Å². The van der Waals surface area contributed by atoms with Gasteiger partial charge in [0, 0.05) is 12.1 Å². The summed E-state index contributed by atoms with van der Waals surface area (Å²) in [5, 5.41) is 0. The number of benzene rings is 1. The molecule has 3 rings (SSSR count). The first-order valence-electron chi connectivity index (χ1n) is 6.12. The molecule has 2 heterocycles. The molecule has 2 N–H and O–H groups in total. The lowest BCUT2D eigenvalue weighted by atomic mass is 10.1. The molecule has 2 aromatic heterocycles. The Hall–Kier alpha value is -2.36.